The number of hydrogen-bond acceptors (Lipinski definition) is 6. The van der Waals surface area contributed by atoms with Gasteiger partial charge in [0.25, 0.3) is 0 Å². The van der Waals surface area contributed by atoms with Gasteiger partial charge < -0.3 is 9.84 Å². The van der Waals surface area contributed by atoms with E-state index in [9.17, 15) is 18.7 Å². The predicted molar refractivity (Wildman–Crippen MR) is 109 cm³/mol. The Bertz CT molecular complexity index is 1240. The number of aliphatic hydroxyl groups is 1. The minimum atomic E-state index is -2.91. The summed E-state index contributed by atoms with van der Waals surface area (Å²) in [5, 5.41) is 15.4. The lowest BCUT2D eigenvalue weighted by molar-refractivity contribution is -0.0498. The summed E-state index contributed by atoms with van der Waals surface area (Å²) in [6.07, 6.45) is 5.02. The van der Waals surface area contributed by atoms with Crippen molar-refractivity contribution in [2.24, 2.45) is 7.05 Å². The lowest BCUT2D eigenvalue weighted by Gasteiger charge is -2.07. The number of ketones is 1. The number of fused-ring (bicyclic) bond motifs is 1. The van der Waals surface area contributed by atoms with Crippen LogP contribution < -0.4 is 4.74 Å². The van der Waals surface area contributed by atoms with E-state index in [1.807, 2.05) is 12.1 Å². The molecule has 0 aliphatic rings. The fraction of sp³-hybridized carbons (Fsp3) is 0.182. The molecule has 1 N–H and O–H groups in total. The molecule has 0 atom stereocenters. The first-order chi connectivity index (χ1) is 14.9. The lowest BCUT2D eigenvalue weighted by Crippen LogP contribution is -2.06. The van der Waals surface area contributed by atoms with Crippen LogP contribution in [0.3, 0.4) is 0 Å². The Labute approximate surface area is 175 Å². The van der Waals surface area contributed by atoms with E-state index in [2.05, 4.69) is 19.8 Å². The van der Waals surface area contributed by atoms with Crippen molar-refractivity contribution in [1.82, 2.24) is 19.7 Å². The summed E-state index contributed by atoms with van der Waals surface area (Å²) >= 11 is 0. The van der Waals surface area contributed by atoms with Gasteiger partial charge in [-0.1, -0.05) is 0 Å². The summed E-state index contributed by atoms with van der Waals surface area (Å²) in [5.74, 6) is -0.201. The number of alkyl halides is 2. The number of hydrogen-bond donors (Lipinski definition) is 1. The highest BCUT2D eigenvalue weighted by Crippen LogP contribution is 2.25. The van der Waals surface area contributed by atoms with E-state index >= 15 is 0 Å². The maximum Gasteiger partial charge on any atom is 0.387 e. The SMILES string of the molecule is Cn1ncc(-c2cc3cc(CC(=O)c4ccc(OC(F)F)cc4)ncc3cn2)c1CO. The maximum absolute atomic E-state index is 12.6. The minimum Gasteiger partial charge on any atom is -0.435 e. The molecule has 0 saturated carbocycles. The number of Topliss-reactive ketones (excluding diaryl/α,β-unsaturated/α-hetero) is 1. The summed E-state index contributed by atoms with van der Waals surface area (Å²) in [6.45, 7) is -3.08. The molecule has 4 rings (SSSR count). The fourth-order valence-electron chi connectivity index (χ4n) is 3.28. The third-order valence-electron chi connectivity index (χ3n) is 4.89. The molecule has 0 saturated heterocycles. The third-order valence-corrected chi connectivity index (χ3v) is 4.89. The molecule has 31 heavy (non-hydrogen) atoms. The van der Waals surface area contributed by atoms with E-state index in [1.54, 1.807) is 30.3 Å². The van der Waals surface area contributed by atoms with Gasteiger partial charge in [-0.15, -0.1) is 0 Å². The Balaban J connectivity index is 1.57. The number of aliphatic hydroxyl groups excluding tert-OH is 1. The highest BCUT2D eigenvalue weighted by molar-refractivity contribution is 5.98. The normalized spacial score (nSPS) is 11.3. The van der Waals surface area contributed by atoms with Crippen molar-refractivity contribution in [2.75, 3.05) is 0 Å². The molecule has 0 radical (unpaired) electrons. The summed E-state index contributed by atoms with van der Waals surface area (Å²) in [4.78, 5) is 21.3. The van der Waals surface area contributed by atoms with Gasteiger partial charge in [-0.3, -0.25) is 19.4 Å². The molecule has 0 bridgehead atoms. The average Bonchev–Trinajstić information content (AvgIpc) is 3.13. The molecular formula is C22H18F2N4O3. The second kappa shape index (κ2) is 8.57. The van der Waals surface area contributed by atoms with Crippen LogP contribution in [0.4, 0.5) is 8.78 Å². The molecule has 4 aromatic rings. The molecule has 0 amide bonds. The quantitative estimate of drug-likeness (QED) is 0.457. The van der Waals surface area contributed by atoms with Crippen LogP contribution in [0.15, 0.2) is 55.0 Å². The molecule has 0 spiro atoms. The standard InChI is InChI=1S/C22H18F2N4O3/c1-28-20(12-29)18(11-27-28)19-7-14-6-16(25-9-15(14)10-26-19)8-21(30)13-2-4-17(5-3-13)31-22(23)24/h2-7,9-11,22,29H,8,12H2,1H3. The number of carbonyl (C=O) groups excluding carboxylic acids is 1. The number of benzene rings is 1. The maximum atomic E-state index is 12.6. The van der Waals surface area contributed by atoms with Gasteiger partial charge in [-0.05, 0) is 41.8 Å². The van der Waals surface area contributed by atoms with Crippen molar-refractivity contribution in [3.05, 3.63) is 71.9 Å². The van der Waals surface area contributed by atoms with Gasteiger partial charge in [0.15, 0.2) is 5.78 Å². The first-order valence-corrected chi connectivity index (χ1v) is 9.39. The Morgan fingerprint density at radius 1 is 1.10 bits per heavy atom. The first-order valence-electron chi connectivity index (χ1n) is 9.39. The Hall–Kier alpha value is -3.72. The number of pyridine rings is 2. The summed E-state index contributed by atoms with van der Waals surface area (Å²) in [5.41, 5.74) is 2.98. The van der Waals surface area contributed by atoms with E-state index in [-0.39, 0.29) is 24.6 Å². The Morgan fingerprint density at radius 3 is 2.55 bits per heavy atom. The van der Waals surface area contributed by atoms with Crippen molar-refractivity contribution in [2.45, 2.75) is 19.6 Å². The molecule has 158 valence electrons. The minimum absolute atomic E-state index is 0.00643. The molecular weight excluding hydrogens is 406 g/mol. The molecule has 7 nitrogen and oxygen atoms in total. The number of ether oxygens (including phenoxy) is 1. The van der Waals surface area contributed by atoms with Gasteiger partial charge in [0.2, 0.25) is 0 Å². The van der Waals surface area contributed by atoms with Crippen molar-refractivity contribution in [1.29, 1.82) is 0 Å². The molecule has 0 aliphatic heterocycles. The molecule has 0 fully saturated rings. The summed E-state index contributed by atoms with van der Waals surface area (Å²) in [6, 6.07) is 9.22. The van der Waals surface area contributed by atoms with Gasteiger partial charge in [-0.2, -0.15) is 13.9 Å². The highest BCUT2D eigenvalue weighted by atomic mass is 19.3. The summed E-state index contributed by atoms with van der Waals surface area (Å²) in [7, 11) is 1.75. The molecule has 3 aromatic heterocycles. The van der Waals surface area contributed by atoms with Gasteiger partial charge >= 0.3 is 6.61 Å². The second-order valence-electron chi connectivity index (χ2n) is 6.88. The number of aromatic nitrogens is 4. The van der Waals surface area contributed by atoms with Gasteiger partial charge in [-0.25, -0.2) is 0 Å². The zero-order valence-corrected chi connectivity index (χ0v) is 16.5. The van der Waals surface area contributed by atoms with Crippen LogP contribution in [0.25, 0.3) is 22.0 Å². The zero-order valence-electron chi connectivity index (χ0n) is 16.5. The van der Waals surface area contributed by atoms with E-state index < -0.39 is 6.61 Å². The van der Waals surface area contributed by atoms with E-state index in [1.165, 1.54) is 24.3 Å². The average molecular weight is 424 g/mol. The van der Waals surface area contributed by atoms with Gasteiger partial charge in [0.05, 0.1) is 30.6 Å². The second-order valence-corrected chi connectivity index (χ2v) is 6.88. The fourth-order valence-corrected chi connectivity index (χ4v) is 3.28. The number of nitrogens with zero attached hydrogens (tertiary/aromatic N) is 4. The predicted octanol–water partition coefficient (Wildman–Crippen LogP) is 3.55. The molecule has 3 heterocycles. The van der Waals surface area contributed by atoms with Crippen molar-refractivity contribution < 1.29 is 23.4 Å². The first kappa shape index (κ1) is 20.5. The van der Waals surface area contributed by atoms with Crippen molar-refractivity contribution in [3.63, 3.8) is 0 Å². The van der Waals surface area contributed by atoms with Crippen LogP contribution >= 0.6 is 0 Å². The molecule has 9 heteroatoms. The molecule has 0 unspecified atom stereocenters. The van der Waals surface area contributed by atoms with Gasteiger partial charge in [0, 0.05) is 41.6 Å². The highest BCUT2D eigenvalue weighted by Gasteiger charge is 2.13. The van der Waals surface area contributed by atoms with Crippen LogP contribution in [0, 0.1) is 0 Å². The monoisotopic (exact) mass is 424 g/mol. The number of carbonyl (C=O) groups is 1. The van der Waals surface area contributed by atoms with E-state index in [4.69, 9.17) is 0 Å². The smallest absolute Gasteiger partial charge is 0.387 e. The zero-order chi connectivity index (χ0) is 22.0. The largest absolute Gasteiger partial charge is 0.435 e. The van der Waals surface area contributed by atoms with Crippen LogP contribution in [0.5, 0.6) is 5.75 Å². The van der Waals surface area contributed by atoms with Crippen LogP contribution in [-0.2, 0) is 20.1 Å². The Kier molecular flexibility index (Phi) is 5.68. The van der Waals surface area contributed by atoms with Crippen LogP contribution in [0.1, 0.15) is 21.7 Å². The number of halogens is 2. The number of aryl methyl sites for hydroxylation is 1. The van der Waals surface area contributed by atoms with Crippen LogP contribution in [0.2, 0.25) is 0 Å². The van der Waals surface area contributed by atoms with Crippen molar-refractivity contribution >= 4 is 16.6 Å². The molecule has 0 aliphatic carbocycles. The lowest BCUT2D eigenvalue weighted by atomic mass is 10.0. The van der Waals surface area contributed by atoms with Gasteiger partial charge in [0.1, 0.15) is 5.75 Å². The Morgan fingerprint density at radius 2 is 1.84 bits per heavy atom. The molecule has 1 aromatic carbocycles. The third kappa shape index (κ3) is 4.41. The van der Waals surface area contributed by atoms with Crippen molar-refractivity contribution in [3.8, 4) is 17.0 Å². The number of rotatable bonds is 7. The van der Waals surface area contributed by atoms with E-state index in [0.717, 1.165) is 16.3 Å². The topological polar surface area (TPSA) is 90.1 Å². The summed E-state index contributed by atoms with van der Waals surface area (Å²) < 4.78 is 30.4. The van der Waals surface area contributed by atoms with Crippen LogP contribution in [-0.4, -0.2) is 37.2 Å². The van der Waals surface area contributed by atoms with E-state index in [0.29, 0.717) is 22.6 Å².